The summed E-state index contributed by atoms with van der Waals surface area (Å²) in [6, 6.07) is 9.02. The zero-order valence-electron chi connectivity index (χ0n) is 26.1. The number of hydrogen-bond donors (Lipinski definition) is 2. The van der Waals surface area contributed by atoms with Gasteiger partial charge in [-0.3, -0.25) is 14.5 Å². The summed E-state index contributed by atoms with van der Waals surface area (Å²) in [5, 5.41) is 6.65. The number of benzene rings is 2. The van der Waals surface area contributed by atoms with Crippen LogP contribution in [-0.2, 0) is 14.3 Å². The van der Waals surface area contributed by atoms with E-state index in [2.05, 4.69) is 25.5 Å². The van der Waals surface area contributed by atoms with Gasteiger partial charge in [-0.05, 0) is 56.4 Å². The van der Waals surface area contributed by atoms with Gasteiger partial charge >= 0.3 is 0 Å². The molecule has 0 radical (unpaired) electrons. The number of fused-ring (bicyclic) bond motifs is 3. The summed E-state index contributed by atoms with van der Waals surface area (Å²) in [5.74, 6) is 2.01. The normalized spacial score (nSPS) is 19.3. The van der Waals surface area contributed by atoms with E-state index in [1.165, 1.54) is 12.7 Å². The summed E-state index contributed by atoms with van der Waals surface area (Å²) in [5.41, 5.74) is 0.229. The first-order chi connectivity index (χ1) is 22.6. The largest absolute Gasteiger partial charge is 0.489 e. The summed E-state index contributed by atoms with van der Waals surface area (Å²) >= 11 is 0. The van der Waals surface area contributed by atoms with E-state index in [1.54, 1.807) is 24.3 Å². The fourth-order valence-electron chi connectivity index (χ4n) is 6.38. The third kappa shape index (κ3) is 6.68. The van der Waals surface area contributed by atoms with E-state index in [-0.39, 0.29) is 20.7 Å². The Balaban J connectivity index is 0.00000225. The maximum Gasteiger partial charge on any atom is 0.240 e. The number of morpholine rings is 1. The van der Waals surface area contributed by atoms with Gasteiger partial charge in [0.25, 0.3) is 0 Å². The van der Waals surface area contributed by atoms with E-state index in [4.69, 9.17) is 23.7 Å². The highest BCUT2D eigenvalue weighted by Gasteiger charge is 2.56. The average Bonchev–Trinajstić information content (AvgIpc) is 3.91. The van der Waals surface area contributed by atoms with E-state index < -0.39 is 5.41 Å². The molecule has 2 amide bonds. The van der Waals surface area contributed by atoms with Gasteiger partial charge in [0.2, 0.25) is 23.4 Å². The highest BCUT2D eigenvalue weighted by atomic mass is 16.6. The topological polar surface area (TPSA) is 133 Å². The average molecular weight is 636 g/mol. The number of ether oxygens (including phenoxy) is 5. The number of carbonyl (C=O) groups is 2. The SMILES string of the molecule is O=C(Nc1ccc(Oc2ncnc3cc(OCCCN4CCOCC4)c4c(c23)OCCO4)cc1)C1(C(=O)NC2CCCCC2)CC1.[HH].[HH]. The van der Waals surface area contributed by atoms with Crippen LogP contribution < -0.4 is 29.6 Å². The van der Waals surface area contributed by atoms with Crippen molar-refractivity contribution in [3.63, 3.8) is 0 Å². The molecule has 2 saturated carbocycles. The summed E-state index contributed by atoms with van der Waals surface area (Å²) in [6.45, 7) is 5.69. The number of carbonyl (C=O) groups excluding carboxylic acids is 2. The van der Waals surface area contributed by atoms with Gasteiger partial charge in [-0.1, -0.05) is 19.3 Å². The Morgan fingerprint density at radius 1 is 0.957 bits per heavy atom. The number of rotatable bonds is 11. The standard InChI is InChI=1S/C34H41N5O7.2H2/c40-32(37-23-5-2-1-3-6-23)34(11-12-34)33(41)38-24-7-9-25(10-8-24)46-31-28-26(35-22-36-31)21-27(29-30(28)45-20-19-44-29)43-16-4-13-39-14-17-42-18-15-39;;/h7-10,21-23H,1-6,11-20H2,(H,37,40)(H,38,41);2*1H. The number of nitrogens with zero attached hydrogens (tertiary/aromatic N) is 3. The lowest BCUT2D eigenvalue weighted by molar-refractivity contribution is -0.135. The molecule has 248 valence electrons. The third-order valence-electron chi connectivity index (χ3n) is 9.21. The van der Waals surface area contributed by atoms with E-state index in [9.17, 15) is 9.59 Å². The molecule has 3 fully saturated rings. The smallest absolute Gasteiger partial charge is 0.240 e. The van der Waals surface area contributed by atoms with Crippen molar-refractivity contribution in [1.29, 1.82) is 0 Å². The molecule has 0 atom stereocenters. The van der Waals surface area contributed by atoms with Gasteiger partial charge in [0.05, 0.1) is 25.3 Å². The molecule has 1 saturated heterocycles. The van der Waals surface area contributed by atoms with Gasteiger partial charge in [0.15, 0.2) is 11.5 Å². The molecule has 0 spiro atoms. The van der Waals surface area contributed by atoms with Crippen LogP contribution in [0.5, 0.6) is 28.9 Å². The molecule has 3 heterocycles. The first-order valence-corrected chi connectivity index (χ1v) is 16.5. The lowest BCUT2D eigenvalue weighted by Gasteiger charge is -2.26. The Labute approximate surface area is 271 Å². The Kier molecular flexibility index (Phi) is 9.07. The minimum absolute atomic E-state index is 0. The zero-order chi connectivity index (χ0) is 31.3. The Morgan fingerprint density at radius 3 is 2.48 bits per heavy atom. The summed E-state index contributed by atoms with van der Waals surface area (Å²) in [4.78, 5) is 37.4. The highest BCUT2D eigenvalue weighted by Crippen LogP contribution is 2.49. The molecule has 2 aliphatic heterocycles. The van der Waals surface area contributed by atoms with E-state index in [0.717, 1.165) is 65.0 Å². The molecular weight excluding hydrogens is 590 g/mol. The molecule has 3 aromatic rings. The minimum atomic E-state index is -0.973. The molecule has 0 bridgehead atoms. The first kappa shape index (κ1) is 30.5. The van der Waals surface area contributed by atoms with Crippen molar-refractivity contribution in [3.05, 3.63) is 36.7 Å². The van der Waals surface area contributed by atoms with Gasteiger partial charge in [-0.15, -0.1) is 0 Å². The van der Waals surface area contributed by atoms with Crippen molar-refractivity contribution in [1.82, 2.24) is 20.2 Å². The van der Waals surface area contributed by atoms with Crippen LogP contribution in [0.15, 0.2) is 36.7 Å². The number of aromatic nitrogens is 2. The second kappa shape index (κ2) is 13.7. The molecule has 1 aromatic heterocycles. The number of hydrogen-bond acceptors (Lipinski definition) is 10. The molecular formula is C34H45N5O7. The van der Waals surface area contributed by atoms with Gasteiger partial charge < -0.3 is 34.3 Å². The van der Waals surface area contributed by atoms with Crippen molar-refractivity contribution in [2.75, 3.05) is 58.0 Å². The third-order valence-corrected chi connectivity index (χ3v) is 9.21. The maximum atomic E-state index is 13.2. The van der Waals surface area contributed by atoms with Crippen LogP contribution in [0.3, 0.4) is 0 Å². The Bertz CT molecular complexity index is 1560. The van der Waals surface area contributed by atoms with Crippen LogP contribution in [0.1, 0.15) is 54.2 Å². The van der Waals surface area contributed by atoms with Crippen LogP contribution in [-0.4, -0.2) is 85.4 Å². The number of nitrogens with one attached hydrogen (secondary N) is 2. The van der Waals surface area contributed by atoms with Gasteiger partial charge in [-0.25, -0.2) is 9.97 Å². The van der Waals surface area contributed by atoms with Crippen LogP contribution in [0.2, 0.25) is 0 Å². The minimum Gasteiger partial charge on any atom is -0.489 e. The fourth-order valence-corrected chi connectivity index (χ4v) is 6.38. The lowest BCUT2D eigenvalue weighted by Crippen LogP contribution is -2.45. The summed E-state index contributed by atoms with van der Waals surface area (Å²) in [7, 11) is 0. The van der Waals surface area contributed by atoms with Gasteiger partial charge in [0, 0.05) is 40.3 Å². The predicted molar refractivity (Wildman–Crippen MR) is 174 cm³/mol. The van der Waals surface area contributed by atoms with Crippen LogP contribution in [0, 0.1) is 5.41 Å². The summed E-state index contributed by atoms with van der Waals surface area (Å²) < 4.78 is 29.9. The van der Waals surface area contributed by atoms with Crippen LogP contribution >= 0.6 is 0 Å². The second-order valence-corrected chi connectivity index (χ2v) is 12.4. The molecule has 12 nitrogen and oxygen atoms in total. The van der Waals surface area contributed by atoms with Crippen molar-refractivity contribution >= 4 is 28.4 Å². The van der Waals surface area contributed by atoms with Crippen molar-refractivity contribution in [2.24, 2.45) is 5.41 Å². The molecule has 2 aliphatic carbocycles. The monoisotopic (exact) mass is 635 g/mol. The zero-order valence-corrected chi connectivity index (χ0v) is 26.1. The van der Waals surface area contributed by atoms with Crippen LogP contribution in [0.4, 0.5) is 5.69 Å². The lowest BCUT2D eigenvalue weighted by atomic mass is 9.94. The molecule has 2 N–H and O–H groups in total. The molecule has 7 rings (SSSR count). The van der Waals surface area contributed by atoms with E-state index in [0.29, 0.717) is 78.1 Å². The highest BCUT2D eigenvalue weighted by molar-refractivity contribution is 6.13. The van der Waals surface area contributed by atoms with Crippen molar-refractivity contribution < 1.29 is 36.1 Å². The van der Waals surface area contributed by atoms with Gasteiger partial charge in [-0.2, -0.15) is 0 Å². The van der Waals surface area contributed by atoms with Gasteiger partial charge in [0.1, 0.15) is 36.1 Å². The number of anilines is 1. The van der Waals surface area contributed by atoms with Crippen molar-refractivity contribution in [2.45, 2.75) is 57.4 Å². The fraction of sp³-hybridized carbons (Fsp3) is 0.529. The molecule has 4 aliphatic rings. The maximum absolute atomic E-state index is 13.2. The van der Waals surface area contributed by atoms with Crippen molar-refractivity contribution in [3.8, 4) is 28.9 Å². The van der Waals surface area contributed by atoms with E-state index in [1.807, 2.05) is 6.07 Å². The summed E-state index contributed by atoms with van der Waals surface area (Å²) in [6.07, 6.45) is 8.87. The van der Waals surface area contributed by atoms with E-state index >= 15 is 0 Å². The van der Waals surface area contributed by atoms with Crippen LogP contribution in [0.25, 0.3) is 10.9 Å². The molecule has 2 aromatic carbocycles. The predicted octanol–water partition coefficient (Wildman–Crippen LogP) is 4.95. The second-order valence-electron chi connectivity index (χ2n) is 12.4. The molecule has 12 heteroatoms. The Hall–Kier alpha value is -4.16. The quantitative estimate of drug-likeness (QED) is 0.220. The molecule has 46 heavy (non-hydrogen) atoms. The number of amides is 2. The first-order valence-electron chi connectivity index (χ1n) is 16.5. The molecule has 0 unspecified atom stereocenters. The Morgan fingerprint density at radius 2 is 1.72 bits per heavy atom.